The lowest BCUT2D eigenvalue weighted by atomic mass is 10.0. The predicted molar refractivity (Wildman–Crippen MR) is 126 cm³/mol. The highest BCUT2D eigenvalue weighted by atomic mass is 19.1. The van der Waals surface area contributed by atoms with Gasteiger partial charge in [-0.3, -0.25) is 9.78 Å². The van der Waals surface area contributed by atoms with Crippen LogP contribution in [0.1, 0.15) is 46.1 Å². The molecule has 4 rings (SSSR count). The third-order valence-electron chi connectivity index (χ3n) is 5.44. The van der Waals surface area contributed by atoms with Gasteiger partial charge in [0.15, 0.2) is 17.4 Å². The van der Waals surface area contributed by atoms with Crippen molar-refractivity contribution in [3.05, 3.63) is 59.8 Å². The van der Waals surface area contributed by atoms with Crippen LogP contribution in [0.2, 0.25) is 0 Å². The molecule has 0 unspecified atom stereocenters. The van der Waals surface area contributed by atoms with Crippen molar-refractivity contribution in [2.75, 3.05) is 16.8 Å². The number of fused-ring (bicyclic) bond motifs is 1. The van der Waals surface area contributed by atoms with Crippen LogP contribution in [0.25, 0.3) is 11.3 Å². The standard InChI is InChI=1S/C25H27F2N5O2/c1-14(2)32-13-25(4,5)34-24-19(26)8-16(9-21(24)32)23-20(27)12-29-22(31-23)10-17-6-7-18(11-28-17)30-15(3)33/h6-9,11-12,14H,10,13H2,1-5H3,(H,30,33). The lowest BCUT2D eigenvalue weighted by Gasteiger charge is -2.43. The van der Waals surface area contributed by atoms with Crippen LogP contribution < -0.4 is 15.0 Å². The maximum atomic E-state index is 15.1. The van der Waals surface area contributed by atoms with Crippen LogP contribution in [0, 0.1) is 11.6 Å². The molecule has 2 aromatic heterocycles. The van der Waals surface area contributed by atoms with Gasteiger partial charge in [0.25, 0.3) is 0 Å². The second-order valence-electron chi connectivity index (χ2n) is 9.27. The summed E-state index contributed by atoms with van der Waals surface area (Å²) in [6, 6.07) is 6.50. The molecule has 0 radical (unpaired) electrons. The molecule has 0 atom stereocenters. The summed E-state index contributed by atoms with van der Waals surface area (Å²) in [5.74, 6) is -0.909. The number of ether oxygens (including phenoxy) is 1. The van der Waals surface area contributed by atoms with Gasteiger partial charge >= 0.3 is 0 Å². The van der Waals surface area contributed by atoms with Gasteiger partial charge in [-0.1, -0.05) is 0 Å². The van der Waals surface area contributed by atoms with Gasteiger partial charge in [0.1, 0.15) is 17.1 Å². The van der Waals surface area contributed by atoms with E-state index in [0.717, 1.165) is 6.20 Å². The Morgan fingerprint density at radius 1 is 1.18 bits per heavy atom. The Kier molecular flexibility index (Phi) is 6.20. The summed E-state index contributed by atoms with van der Waals surface area (Å²) in [5.41, 5.74) is 1.54. The molecule has 0 bridgehead atoms. The number of pyridine rings is 1. The Morgan fingerprint density at radius 3 is 2.59 bits per heavy atom. The van der Waals surface area contributed by atoms with Crippen molar-refractivity contribution in [2.45, 2.75) is 52.7 Å². The molecule has 1 N–H and O–H groups in total. The average molecular weight is 468 g/mol. The zero-order chi connectivity index (χ0) is 24.6. The number of hydrogen-bond acceptors (Lipinski definition) is 6. The van der Waals surface area contributed by atoms with E-state index in [4.69, 9.17) is 4.74 Å². The topological polar surface area (TPSA) is 80.2 Å². The number of nitrogens with zero attached hydrogens (tertiary/aromatic N) is 4. The lowest BCUT2D eigenvalue weighted by Crippen LogP contribution is -2.49. The Balaban J connectivity index is 1.68. The summed E-state index contributed by atoms with van der Waals surface area (Å²) in [6.07, 6.45) is 2.86. The van der Waals surface area contributed by atoms with Crippen molar-refractivity contribution >= 4 is 17.3 Å². The van der Waals surface area contributed by atoms with E-state index >= 15 is 4.39 Å². The van der Waals surface area contributed by atoms with Gasteiger partial charge in [-0.2, -0.15) is 0 Å². The summed E-state index contributed by atoms with van der Waals surface area (Å²) in [5, 5.41) is 2.65. The van der Waals surface area contributed by atoms with E-state index in [1.807, 2.05) is 32.6 Å². The fourth-order valence-corrected chi connectivity index (χ4v) is 3.95. The number of halogens is 2. The summed E-state index contributed by atoms with van der Waals surface area (Å²) >= 11 is 0. The highest BCUT2D eigenvalue weighted by Crippen LogP contribution is 2.42. The first-order valence-corrected chi connectivity index (χ1v) is 11.1. The van der Waals surface area contributed by atoms with Gasteiger partial charge in [0.2, 0.25) is 5.91 Å². The molecule has 0 aliphatic carbocycles. The first kappa shape index (κ1) is 23.5. The van der Waals surface area contributed by atoms with Crippen molar-refractivity contribution in [1.82, 2.24) is 15.0 Å². The quantitative estimate of drug-likeness (QED) is 0.583. The van der Waals surface area contributed by atoms with Crippen molar-refractivity contribution in [2.24, 2.45) is 0 Å². The van der Waals surface area contributed by atoms with E-state index in [2.05, 4.69) is 20.3 Å². The molecule has 3 heterocycles. The number of hydrogen-bond donors (Lipinski definition) is 1. The zero-order valence-corrected chi connectivity index (χ0v) is 19.8. The van der Waals surface area contributed by atoms with Crippen LogP contribution in [-0.2, 0) is 11.2 Å². The lowest BCUT2D eigenvalue weighted by molar-refractivity contribution is -0.114. The van der Waals surface area contributed by atoms with Crippen molar-refractivity contribution in [3.8, 4) is 17.0 Å². The van der Waals surface area contributed by atoms with Crippen LogP contribution >= 0.6 is 0 Å². The zero-order valence-electron chi connectivity index (χ0n) is 19.8. The van der Waals surface area contributed by atoms with Crippen LogP contribution in [0.4, 0.5) is 20.2 Å². The van der Waals surface area contributed by atoms with Crippen LogP contribution in [0.15, 0.2) is 36.7 Å². The van der Waals surface area contributed by atoms with Gasteiger partial charge < -0.3 is 15.0 Å². The van der Waals surface area contributed by atoms with Crippen LogP contribution in [-0.4, -0.2) is 39.0 Å². The van der Waals surface area contributed by atoms with Crippen molar-refractivity contribution in [3.63, 3.8) is 0 Å². The Bertz CT molecular complexity index is 1230. The predicted octanol–water partition coefficient (Wildman–Crippen LogP) is 4.75. The largest absolute Gasteiger partial charge is 0.481 e. The molecular formula is C25H27F2N5O2. The first-order valence-electron chi connectivity index (χ1n) is 11.1. The Labute approximate surface area is 197 Å². The molecule has 1 aromatic carbocycles. The number of carbonyl (C=O) groups is 1. The van der Waals surface area contributed by atoms with E-state index in [-0.39, 0.29) is 29.8 Å². The number of amides is 1. The molecule has 178 valence electrons. The smallest absolute Gasteiger partial charge is 0.221 e. The summed E-state index contributed by atoms with van der Waals surface area (Å²) in [7, 11) is 0. The molecule has 0 fully saturated rings. The second-order valence-corrected chi connectivity index (χ2v) is 9.27. The fourth-order valence-electron chi connectivity index (χ4n) is 3.95. The summed E-state index contributed by atoms with van der Waals surface area (Å²) < 4.78 is 35.8. The van der Waals surface area contributed by atoms with Gasteiger partial charge in [0.05, 0.1) is 36.7 Å². The fraction of sp³-hybridized carbons (Fsp3) is 0.360. The second kappa shape index (κ2) is 8.96. The molecule has 34 heavy (non-hydrogen) atoms. The SMILES string of the molecule is CC(=O)Nc1ccc(Cc2ncc(F)c(-c3cc(F)c4c(c3)N(C(C)C)CC(C)(C)O4)n2)nc1. The third-order valence-corrected chi connectivity index (χ3v) is 5.44. The number of rotatable bonds is 5. The van der Waals surface area contributed by atoms with E-state index in [1.54, 1.807) is 18.2 Å². The third kappa shape index (κ3) is 4.98. The van der Waals surface area contributed by atoms with Gasteiger partial charge in [-0.25, -0.2) is 18.7 Å². The van der Waals surface area contributed by atoms with Gasteiger partial charge in [-0.15, -0.1) is 0 Å². The van der Waals surface area contributed by atoms with E-state index < -0.39 is 17.2 Å². The molecule has 0 saturated heterocycles. The summed E-state index contributed by atoms with van der Waals surface area (Å²) in [6.45, 7) is 9.83. The minimum Gasteiger partial charge on any atom is -0.481 e. The number of nitrogens with one attached hydrogen (secondary N) is 1. The van der Waals surface area contributed by atoms with Gasteiger partial charge in [-0.05, 0) is 52.0 Å². The Morgan fingerprint density at radius 2 is 1.94 bits per heavy atom. The van der Waals surface area contributed by atoms with Crippen molar-refractivity contribution in [1.29, 1.82) is 0 Å². The highest BCUT2D eigenvalue weighted by molar-refractivity contribution is 5.88. The van der Waals surface area contributed by atoms with E-state index in [1.165, 1.54) is 19.2 Å². The van der Waals surface area contributed by atoms with Crippen LogP contribution in [0.5, 0.6) is 5.75 Å². The minimum absolute atomic E-state index is 0.00936. The van der Waals surface area contributed by atoms with E-state index in [9.17, 15) is 9.18 Å². The first-order chi connectivity index (χ1) is 16.0. The highest BCUT2D eigenvalue weighted by Gasteiger charge is 2.35. The van der Waals surface area contributed by atoms with Crippen LogP contribution in [0.3, 0.4) is 0 Å². The maximum absolute atomic E-state index is 15.1. The molecule has 1 aliphatic rings. The molecule has 0 spiro atoms. The molecule has 1 aliphatic heterocycles. The molecule has 1 amide bonds. The molecule has 7 nitrogen and oxygen atoms in total. The average Bonchev–Trinajstić information content (AvgIpc) is 2.75. The molecule has 0 saturated carbocycles. The molecule has 3 aromatic rings. The normalized spacial score (nSPS) is 14.5. The number of carbonyl (C=O) groups excluding carboxylic acids is 1. The van der Waals surface area contributed by atoms with E-state index in [0.29, 0.717) is 35.0 Å². The van der Waals surface area contributed by atoms with Crippen molar-refractivity contribution < 1.29 is 18.3 Å². The number of anilines is 2. The molecular weight excluding hydrogens is 440 g/mol. The summed E-state index contributed by atoms with van der Waals surface area (Å²) in [4.78, 5) is 26.0. The number of aromatic nitrogens is 3. The minimum atomic E-state index is -0.648. The monoisotopic (exact) mass is 467 g/mol. The maximum Gasteiger partial charge on any atom is 0.221 e. The van der Waals surface area contributed by atoms with Gasteiger partial charge in [0, 0.05) is 24.2 Å². The Hall–Kier alpha value is -3.62. The molecule has 9 heteroatoms. The number of benzene rings is 1.